The number of nitrogens with zero attached hydrogens (tertiary/aromatic N) is 3. The highest BCUT2D eigenvalue weighted by Crippen LogP contribution is 2.28. The van der Waals surface area contributed by atoms with Crippen molar-refractivity contribution in [3.8, 4) is 5.75 Å². The molecule has 1 aromatic heterocycles. The highest BCUT2D eigenvalue weighted by molar-refractivity contribution is 5.92. The summed E-state index contributed by atoms with van der Waals surface area (Å²) in [5.74, 6) is 1.96. The molecule has 1 amide bonds. The minimum Gasteiger partial charge on any atom is -0.495 e. The number of rotatable bonds is 7. The lowest BCUT2D eigenvalue weighted by molar-refractivity contribution is -0.120. The first-order chi connectivity index (χ1) is 15.2. The topological polar surface area (TPSA) is 57.7 Å². The van der Waals surface area contributed by atoms with Crippen LogP contribution in [0.1, 0.15) is 37.7 Å². The molecule has 2 aromatic rings. The third-order valence-corrected chi connectivity index (χ3v) is 6.60. The maximum atomic E-state index is 12.7. The number of benzene rings is 1. The second-order valence-corrected chi connectivity index (χ2v) is 8.59. The molecule has 1 aliphatic carbocycles. The number of anilines is 2. The SMILES string of the molecule is COc1ccccc1N1CCN(CCc2cccnc2NC(=O)C2CCCCC2)CC1. The second kappa shape index (κ2) is 10.6. The Morgan fingerprint density at radius 2 is 1.84 bits per heavy atom. The summed E-state index contributed by atoms with van der Waals surface area (Å²) >= 11 is 0. The summed E-state index contributed by atoms with van der Waals surface area (Å²) in [6, 6.07) is 12.3. The average Bonchev–Trinajstić information content (AvgIpc) is 2.84. The maximum Gasteiger partial charge on any atom is 0.228 e. The number of amides is 1. The van der Waals surface area contributed by atoms with Gasteiger partial charge in [0.1, 0.15) is 11.6 Å². The first kappa shape index (κ1) is 21.6. The van der Waals surface area contributed by atoms with Gasteiger partial charge in [-0.1, -0.05) is 37.5 Å². The largest absolute Gasteiger partial charge is 0.495 e. The van der Waals surface area contributed by atoms with Crippen LogP contribution >= 0.6 is 0 Å². The molecule has 4 rings (SSSR count). The van der Waals surface area contributed by atoms with Crippen LogP contribution in [0.5, 0.6) is 5.75 Å². The maximum absolute atomic E-state index is 12.7. The predicted octanol–water partition coefficient (Wildman–Crippen LogP) is 3.97. The van der Waals surface area contributed by atoms with E-state index >= 15 is 0 Å². The van der Waals surface area contributed by atoms with Crippen molar-refractivity contribution in [2.24, 2.45) is 5.92 Å². The number of hydrogen-bond acceptors (Lipinski definition) is 5. The molecule has 31 heavy (non-hydrogen) atoms. The zero-order chi connectivity index (χ0) is 21.5. The molecule has 2 fully saturated rings. The van der Waals surface area contributed by atoms with Crippen LogP contribution in [0.3, 0.4) is 0 Å². The monoisotopic (exact) mass is 422 g/mol. The number of carbonyl (C=O) groups excluding carboxylic acids is 1. The van der Waals surface area contributed by atoms with Gasteiger partial charge < -0.3 is 15.0 Å². The fourth-order valence-corrected chi connectivity index (χ4v) is 4.72. The lowest BCUT2D eigenvalue weighted by Gasteiger charge is -2.36. The molecular formula is C25H34N4O2. The van der Waals surface area contributed by atoms with Gasteiger partial charge in [0.25, 0.3) is 0 Å². The minimum atomic E-state index is 0.144. The average molecular weight is 423 g/mol. The molecule has 1 N–H and O–H groups in total. The number of carbonyl (C=O) groups is 1. The van der Waals surface area contributed by atoms with Crippen LogP contribution in [0.25, 0.3) is 0 Å². The smallest absolute Gasteiger partial charge is 0.228 e. The molecule has 1 saturated heterocycles. The molecule has 1 aliphatic heterocycles. The highest BCUT2D eigenvalue weighted by Gasteiger charge is 2.23. The highest BCUT2D eigenvalue weighted by atomic mass is 16.5. The third kappa shape index (κ3) is 5.56. The number of aromatic nitrogens is 1. The van der Waals surface area contributed by atoms with Crippen molar-refractivity contribution >= 4 is 17.4 Å². The van der Waals surface area contributed by atoms with Gasteiger partial charge in [0.2, 0.25) is 5.91 Å². The molecule has 0 atom stereocenters. The van der Waals surface area contributed by atoms with Crippen LogP contribution in [-0.4, -0.2) is 55.6 Å². The minimum absolute atomic E-state index is 0.144. The van der Waals surface area contributed by atoms with Crippen molar-refractivity contribution in [3.05, 3.63) is 48.2 Å². The predicted molar refractivity (Wildman–Crippen MR) is 125 cm³/mol. The number of para-hydroxylation sites is 2. The first-order valence-electron chi connectivity index (χ1n) is 11.6. The molecule has 166 valence electrons. The molecule has 6 nitrogen and oxygen atoms in total. The van der Waals surface area contributed by atoms with Crippen LogP contribution in [0.15, 0.2) is 42.6 Å². The number of nitrogens with one attached hydrogen (secondary N) is 1. The van der Waals surface area contributed by atoms with E-state index in [1.54, 1.807) is 13.3 Å². The summed E-state index contributed by atoms with van der Waals surface area (Å²) in [5, 5.41) is 3.12. The molecule has 6 heteroatoms. The van der Waals surface area contributed by atoms with Crippen LogP contribution in [0.2, 0.25) is 0 Å². The van der Waals surface area contributed by atoms with Crippen molar-refractivity contribution in [2.75, 3.05) is 50.1 Å². The van der Waals surface area contributed by atoms with Crippen LogP contribution in [-0.2, 0) is 11.2 Å². The van der Waals surface area contributed by atoms with Gasteiger partial charge in [0.05, 0.1) is 12.8 Å². The number of ether oxygens (including phenoxy) is 1. The van der Waals surface area contributed by atoms with E-state index in [4.69, 9.17) is 4.74 Å². The number of piperazine rings is 1. The molecular weight excluding hydrogens is 388 g/mol. The van der Waals surface area contributed by atoms with Crippen LogP contribution < -0.4 is 15.0 Å². The van der Waals surface area contributed by atoms with Crippen molar-refractivity contribution in [3.63, 3.8) is 0 Å². The summed E-state index contributed by atoms with van der Waals surface area (Å²) in [6.07, 6.45) is 8.24. The van der Waals surface area contributed by atoms with E-state index in [1.807, 2.05) is 18.2 Å². The van der Waals surface area contributed by atoms with E-state index in [9.17, 15) is 4.79 Å². The normalized spacial score (nSPS) is 18.0. The van der Waals surface area contributed by atoms with E-state index in [-0.39, 0.29) is 11.8 Å². The second-order valence-electron chi connectivity index (χ2n) is 8.59. The van der Waals surface area contributed by atoms with Gasteiger partial charge in [0.15, 0.2) is 0 Å². The molecule has 1 aromatic carbocycles. The van der Waals surface area contributed by atoms with Crippen LogP contribution in [0.4, 0.5) is 11.5 Å². The summed E-state index contributed by atoms with van der Waals surface area (Å²) in [6.45, 7) is 4.97. The van der Waals surface area contributed by atoms with Gasteiger partial charge in [-0.25, -0.2) is 4.98 Å². The molecule has 0 bridgehead atoms. The number of hydrogen-bond donors (Lipinski definition) is 1. The van der Waals surface area contributed by atoms with Crippen molar-refractivity contribution < 1.29 is 9.53 Å². The summed E-state index contributed by atoms with van der Waals surface area (Å²) in [5.41, 5.74) is 2.29. The Labute approximate surface area is 185 Å². The van der Waals surface area contributed by atoms with Gasteiger partial charge in [-0.2, -0.15) is 0 Å². The lowest BCUT2D eigenvalue weighted by Crippen LogP contribution is -2.47. The Bertz CT molecular complexity index is 858. The first-order valence-corrected chi connectivity index (χ1v) is 11.6. The Morgan fingerprint density at radius 3 is 2.61 bits per heavy atom. The molecule has 2 aliphatic rings. The zero-order valence-electron chi connectivity index (χ0n) is 18.6. The van der Waals surface area contributed by atoms with Gasteiger partial charge >= 0.3 is 0 Å². The molecule has 0 unspecified atom stereocenters. The fraction of sp³-hybridized carbons (Fsp3) is 0.520. The molecule has 0 radical (unpaired) electrons. The van der Waals surface area contributed by atoms with Gasteiger partial charge in [-0.05, 0) is 43.0 Å². The van der Waals surface area contributed by atoms with Crippen molar-refractivity contribution in [2.45, 2.75) is 38.5 Å². The van der Waals surface area contributed by atoms with Gasteiger partial charge in [-0.3, -0.25) is 9.69 Å². The van der Waals surface area contributed by atoms with Crippen LogP contribution in [0, 0.1) is 5.92 Å². The Kier molecular flexibility index (Phi) is 7.41. The third-order valence-electron chi connectivity index (χ3n) is 6.60. The van der Waals surface area contributed by atoms with E-state index < -0.39 is 0 Å². The van der Waals surface area contributed by atoms with Crippen molar-refractivity contribution in [1.82, 2.24) is 9.88 Å². The van der Waals surface area contributed by atoms with Gasteiger partial charge in [0, 0.05) is 44.8 Å². The van der Waals surface area contributed by atoms with E-state index in [2.05, 4.69) is 38.3 Å². The summed E-state index contributed by atoms with van der Waals surface area (Å²) in [4.78, 5) is 22.0. The van der Waals surface area contributed by atoms with E-state index in [0.29, 0.717) is 0 Å². The van der Waals surface area contributed by atoms with Gasteiger partial charge in [-0.15, -0.1) is 0 Å². The summed E-state index contributed by atoms with van der Waals surface area (Å²) in [7, 11) is 1.73. The zero-order valence-corrected chi connectivity index (χ0v) is 18.6. The molecule has 2 heterocycles. The van der Waals surface area contributed by atoms with E-state index in [0.717, 1.165) is 82.0 Å². The fourth-order valence-electron chi connectivity index (χ4n) is 4.72. The standard InChI is InChI=1S/C25H34N4O2/c1-31-23-12-6-5-11-22(23)29-18-16-28(17-19-29)15-13-20-10-7-14-26-24(20)27-25(30)21-8-3-2-4-9-21/h5-7,10-12,14,21H,2-4,8-9,13,15-19H2,1H3,(H,26,27,30). The molecule has 0 spiro atoms. The summed E-state index contributed by atoms with van der Waals surface area (Å²) < 4.78 is 5.52. The Hall–Kier alpha value is -2.60. The quantitative estimate of drug-likeness (QED) is 0.732. The van der Waals surface area contributed by atoms with Crippen molar-refractivity contribution in [1.29, 1.82) is 0 Å². The Balaban J connectivity index is 1.30. The number of methoxy groups -OCH3 is 1. The van der Waals surface area contributed by atoms with E-state index in [1.165, 1.54) is 12.1 Å². The molecule has 1 saturated carbocycles. The lowest BCUT2D eigenvalue weighted by atomic mass is 9.88. The Morgan fingerprint density at radius 1 is 1.06 bits per heavy atom. The number of pyridine rings is 1.